The van der Waals surface area contributed by atoms with Crippen LogP contribution in [0.4, 0.5) is 0 Å². The van der Waals surface area contributed by atoms with E-state index in [0.717, 1.165) is 60.6 Å². The van der Waals surface area contributed by atoms with Crippen molar-refractivity contribution in [2.24, 2.45) is 0 Å². The Bertz CT molecular complexity index is 913. The molecule has 0 bridgehead atoms. The Morgan fingerprint density at radius 1 is 0.903 bits per heavy atom. The summed E-state index contributed by atoms with van der Waals surface area (Å²) in [6.45, 7) is 6.35. The summed E-state index contributed by atoms with van der Waals surface area (Å²) >= 11 is 0. The first-order chi connectivity index (χ1) is 15.0. The van der Waals surface area contributed by atoms with Crippen molar-refractivity contribution in [3.05, 3.63) is 60.2 Å². The zero-order chi connectivity index (χ0) is 22.5. The highest BCUT2D eigenvalue weighted by Gasteiger charge is 2.06. The third-order valence-corrected chi connectivity index (χ3v) is 4.90. The fourth-order valence-corrected chi connectivity index (χ4v) is 3.17. The minimum Gasteiger partial charge on any atom is -0.493 e. The second kappa shape index (κ2) is 13.3. The van der Waals surface area contributed by atoms with Crippen molar-refractivity contribution in [1.82, 2.24) is 0 Å². The fraction of sp³-hybridized carbons (Fsp3) is 0.385. The lowest BCUT2D eigenvalue weighted by atomic mass is 10.0. The Hall–Kier alpha value is -3.08. The molecule has 166 valence electrons. The molecule has 0 atom stereocenters. The van der Waals surface area contributed by atoms with Crippen molar-refractivity contribution < 1.29 is 23.8 Å². The molecule has 0 spiro atoms. The first-order valence-corrected chi connectivity index (χ1v) is 10.8. The van der Waals surface area contributed by atoms with E-state index < -0.39 is 0 Å². The van der Waals surface area contributed by atoms with Crippen LogP contribution in [0.5, 0.6) is 5.75 Å². The molecule has 0 unspecified atom stereocenters. The van der Waals surface area contributed by atoms with E-state index in [1.54, 1.807) is 13.0 Å². The van der Waals surface area contributed by atoms with Crippen molar-refractivity contribution >= 4 is 28.8 Å². The molecule has 0 aliphatic rings. The predicted octanol–water partition coefficient (Wildman–Crippen LogP) is 5.86. The number of methoxy groups -OCH3 is 1. The van der Waals surface area contributed by atoms with Gasteiger partial charge in [0.25, 0.3) is 0 Å². The largest absolute Gasteiger partial charge is 0.493 e. The summed E-state index contributed by atoms with van der Waals surface area (Å²) < 4.78 is 15.8. The molecule has 2 aromatic rings. The Balaban J connectivity index is 1.72. The number of rotatable bonds is 13. The molecule has 2 aromatic carbocycles. The third-order valence-electron chi connectivity index (χ3n) is 4.90. The summed E-state index contributed by atoms with van der Waals surface area (Å²) in [6.07, 6.45) is 9.47. The van der Waals surface area contributed by atoms with Gasteiger partial charge >= 0.3 is 11.9 Å². The van der Waals surface area contributed by atoms with Crippen LogP contribution in [-0.2, 0) is 19.1 Å². The molecule has 0 fully saturated rings. The Labute approximate surface area is 184 Å². The van der Waals surface area contributed by atoms with E-state index in [4.69, 9.17) is 9.47 Å². The van der Waals surface area contributed by atoms with Crippen molar-refractivity contribution in [3.8, 4) is 5.75 Å². The number of fused-ring (bicyclic) bond motifs is 1. The van der Waals surface area contributed by atoms with Gasteiger partial charge in [-0.1, -0.05) is 62.6 Å². The van der Waals surface area contributed by atoms with E-state index in [-0.39, 0.29) is 11.9 Å². The Morgan fingerprint density at radius 2 is 1.55 bits per heavy atom. The number of hydrogen-bond donors (Lipinski definition) is 0. The van der Waals surface area contributed by atoms with Gasteiger partial charge in [0, 0.05) is 17.0 Å². The van der Waals surface area contributed by atoms with Gasteiger partial charge in [-0.05, 0) is 42.9 Å². The molecule has 0 aliphatic heterocycles. The van der Waals surface area contributed by atoms with Gasteiger partial charge in [-0.15, -0.1) is 0 Å². The molecule has 5 heteroatoms. The SMILES string of the molecule is C=C(C)C(=O)OCCCCCCCCOc1ccc(/C=C/C(=O)OC)c2ccccc12. The number of carbonyl (C=O) groups is 2. The highest BCUT2D eigenvalue weighted by Crippen LogP contribution is 2.29. The summed E-state index contributed by atoms with van der Waals surface area (Å²) in [5, 5.41) is 2.06. The number of benzene rings is 2. The summed E-state index contributed by atoms with van der Waals surface area (Å²) in [5.41, 5.74) is 1.39. The summed E-state index contributed by atoms with van der Waals surface area (Å²) in [5.74, 6) is 0.166. The Morgan fingerprint density at radius 3 is 2.23 bits per heavy atom. The number of esters is 2. The molecule has 0 saturated carbocycles. The lowest BCUT2D eigenvalue weighted by Gasteiger charge is -2.11. The molecule has 0 aromatic heterocycles. The minimum absolute atomic E-state index is 0.308. The number of ether oxygens (including phenoxy) is 3. The van der Waals surface area contributed by atoms with Crippen molar-refractivity contribution in [1.29, 1.82) is 0 Å². The first kappa shape index (κ1) is 24.2. The topological polar surface area (TPSA) is 61.8 Å². The van der Waals surface area contributed by atoms with Gasteiger partial charge in [0.05, 0.1) is 20.3 Å². The molecule has 0 heterocycles. The summed E-state index contributed by atoms with van der Waals surface area (Å²) in [7, 11) is 1.36. The van der Waals surface area contributed by atoms with Crippen molar-refractivity contribution in [2.75, 3.05) is 20.3 Å². The molecule has 31 heavy (non-hydrogen) atoms. The molecule has 0 saturated heterocycles. The van der Waals surface area contributed by atoms with Gasteiger partial charge in [0.1, 0.15) is 5.75 Å². The van der Waals surface area contributed by atoms with Crippen molar-refractivity contribution in [3.63, 3.8) is 0 Å². The number of carbonyl (C=O) groups excluding carboxylic acids is 2. The van der Waals surface area contributed by atoms with Gasteiger partial charge in [0.2, 0.25) is 0 Å². The average Bonchev–Trinajstić information content (AvgIpc) is 2.78. The summed E-state index contributed by atoms with van der Waals surface area (Å²) in [4.78, 5) is 22.7. The van der Waals surface area contributed by atoms with E-state index >= 15 is 0 Å². The maximum absolute atomic E-state index is 11.4. The maximum Gasteiger partial charge on any atom is 0.333 e. The quantitative estimate of drug-likeness (QED) is 0.229. The number of unbranched alkanes of at least 4 members (excludes halogenated alkanes) is 5. The monoisotopic (exact) mass is 424 g/mol. The van der Waals surface area contributed by atoms with Crippen LogP contribution in [0.3, 0.4) is 0 Å². The van der Waals surface area contributed by atoms with Crippen LogP contribution >= 0.6 is 0 Å². The van der Waals surface area contributed by atoms with Crippen molar-refractivity contribution in [2.45, 2.75) is 45.4 Å². The molecule has 2 rings (SSSR count). The molecule has 0 amide bonds. The van der Waals surface area contributed by atoms with Gasteiger partial charge in [-0.2, -0.15) is 0 Å². The summed E-state index contributed by atoms with van der Waals surface area (Å²) in [6, 6.07) is 11.9. The maximum atomic E-state index is 11.4. The second-order valence-electron chi connectivity index (χ2n) is 7.44. The average molecular weight is 425 g/mol. The Kier molecular flexibility index (Phi) is 10.4. The van der Waals surface area contributed by atoms with Gasteiger partial charge in [0.15, 0.2) is 0 Å². The molecule has 5 nitrogen and oxygen atoms in total. The zero-order valence-corrected chi connectivity index (χ0v) is 18.5. The molecule has 0 N–H and O–H groups in total. The molecule has 0 radical (unpaired) electrons. The van der Waals surface area contributed by atoms with Crippen LogP contribution in [0.1, 0.15) is 51.0 Å². The molecular weight excluding hydrogens is 392 g/mol. The third kappa shape index (κ3) is 8.28. The standard InChI is InChI=1S/C26H32O5/c1-20(2)26(28)31-19-11-7-5-4-6-10-18-30-24-16-14-21(15-17-25(27)29-3)22-12-8-9-13-23(22)24/h8-9,12-17H,1,4-7,10-11,18-19H2,2-3H3/b17-15+. The van der Waals surface area contributed by atoms with Crippen LogP contribution in [0.25, 0.3) is 16.8 Å². The predicted molar refractivity (Wildman–Crippen MR) is 124 cm³/mol. The smallest absolute Gasteiger partial charge is 0.333 e. The highest BCUT2D eigenvalue weighted by atomic mass is 16.5. The molecular formula is C26H32O5. The van der Waals surface area contributed by atoms with E-state index in [2.05, 4.69) is 11.3 Å². The zero-order valence-electron chi connectivity index (χ0n) is 18.5. The van der Waals surface area contributed by atoms with E-state index in [1.165, 1.54) is 13.2 Å². The van der Waals surface area contributed by atoms with Gasteiger partial charge < -0.3 is 14.2 Å². The van der Waals surface area contributed by atoms with Crippen LogP contribution in [0.2, 0.25) is 0 Å². The first-order valence-electron chi connectivity index (χ1n) is 10.8. The van der Waals surface area contributed by atoms with Crippen LogP contribution in [0.15, 0.2) is 54.6 Å². The second-order valence-corrected chi connectivity index (χ2v) is 7.44. The van der Waals surface area contributed by atoms with Crippen LogP contribution in [-0.4, -0.2) is 32.3 Å². The van der Waals surface area contributed by atoms with Gasteiger partial charge in [-0.25, -0.2) is 9.59 Å². The fourth-order valence-electron chi connectivity index (χ4n) is 3.17. The van der Waals surface area contributed by atoms with Gasteiger partial charge in [-0.3, -0.25) is 0 Å². The minimum atomic E-state index is -0.378. The van der Waals surface area contributed by atoms with E-state index in [0.29, 0.717) is 18.8 Å². The van der Waals surface area contributed by atoms with Crippen LogP contribution in [0, 0.1) is 0 Å². The molecule has 0 aliphatic carbocycles. The van der Waals surface area contributed by atoms with E-state index in [9.17, 15) is 9.59 Å². The lowest BCUT2D eigenvalue weighted by molar-refractivity contribution is -0.139. The normalized spacial score (nSPS) is 10.9. The highest BCUT2D eigenvalue weighted by molar-refractivity contribution is 5.97. The lowest BCUT2D eigenvalue weighted by Crippen LogP contribution is -2.06. The number of hydrogen-bond acceptors (Lipinski definition) is 5. The van der Waals surface area contributed by atoms with Crippen LogP contribution < -0.4 is 4.74 Å². The van der Waals surface area contributed by atoms with E-state index in [1.807, 2.05) is 36.4 Å².